The third-order valence-electron chi connectivity index (χ3n) is 6.16. The van der Waals surface area contributed by atoms with Gasteiger partial charge < -0.3 is 4.84 Å². The predicted molar refractivity (Wildman–Crippen MR) is 131 cm³/mol. The van der Waals surface area contributed by atoms with Crippen molar-refractivity contribution in [3.05, 3.63) is 102 Å². The van der Waals surface area contributed by atoms with Gasteiger partial charge in [0.2, 0.25) is 0 Å². The Hall–Kier alpha value is -3.51. The molecule has 1 saturated heterocycles. The molecule has 1 heterocycles. The van der Waals surface area contributed by atoms with E-state index >= 15 is 0 Å². The Labute approximate surface area is 196 Å². The van der Waals surface area contributed by atoms with Gasteiger partial charge >= 0.3 is 5.97 Å². The molecule has 164 valence electrons. The van der Waals surface area contributed by atoms with E-state index in [9.17, 15) is 9.59 Å². The summed E-state index contributed by atoms with van der Waals surface area (Å²) in [5.41, 5.74) is 2.57. The van der Waals surface area contributed by atoms with Gasteiger partial charge in [-0.3, -0.25) is 4.79 Å². The highest BCUT2D eigenvalue weighted by atomic mass is 32.2. The van der Waals surface area contributed by atoms with E-state index in [1.54, 1.807) is 0 Å². The van der Waals surface area contributed by atoms with Crippen LogP contribution in [0.4, 0.5) is 5.69 Å². The van der Waals surface area contributed by atoms with Crippen LogP contribution in [0.5, 0.6) is 0 Å². The SMILES string of the molecule is CC(=O)O/N=C1\SC(=Nc2ccccc2)[C@@]2(CCc3ccccc3C2=O)[C@@H]1c1ccccc1. The van der Waals surface area contributed by atoms with E-state index in [0.717, 1.165) is 28.8 Å². The summed E-state index contributed by atoms with van der Waals surface area (Å²) in [5.74, 6) is -0.863. The van der Waals surface area contributed by atoms with Crippen molar-refractivity contribution >= 4 is 39.3 Å². The molecule has 1 aliphatic heterocycles. The van der Waals surface area contributed by atoms with Crippen molar-refractivity contribution in [1.82, 2.24) is 0 Å². The summed E-state index contributed by atoms with van der Waals surface area (Å²) in [4.78, 5) is 35.9. The van der Waals surface area contributed by atoms with Crippen molar-refractivity contribution in [2.75, 3.05) is 0 Å². The number of oxime groups is 1. The highest BCUT2D eigenvalue weighted by molar-refractivity contribution is 8.27. The van der Waals surface area contributed by atoms with Crippen molar-refractivity contribution in [1.29, 1.82) is 0 Å². The smallest absolute Gasteiger partial charge is 0.318 e. The summed E-state index contributed by atoms with van der Waals surface area (Å²) in [5, 5.41) is 5.47. The summed E-state index contributed by atoms with van der Waals surface area (Å²) in [6, 6.07) is 27.2. The number of ketones is 1. The number of carbonyl (C=O) groups excluding carboxylic acids is 2. The zero-order valence-electron chi connectivity index (χ0n) is 18.1. The van der Waals surface area contributed by atoms with E-state index in [1.807, 2.05) is 84.9 Å². The first-order valence-electron chi connectivity index (χ1n) is 10.8. The molecule has 2 atom stereocenters. The van der Waals surface area contributed by atoms with E-state index in [2.05, 4.69) is 5.16 Å². The zero-order chi connectivity index (χ0) is 22.8. The summed E-state index contributed by atoms with van der Waals surface area (Å²) in [6.45, 7) is 1.32. The molecule has 0 bridgehead atoms. The van der Waals surface area contributed by atoms with Gasteiger partial charge in [0.05, 0.1) is 22.1 Å². The average Bonchev–Trinajstić information content (AvgIpc) is 3.15. The summed E-state index contributed by atoms with van der Waals surface area (Å²) in [6.07, 6.45) is 1.35. The second-order valence-corrected chi connectivity index (χ2v) is 9.18. The number of para-hydroxylation sites is 1. The Bertz CT molecular complexity index is 1270. The van der Waals surface area contributed by atoms with Gasteiger partial charge in [-0.15, -0.1) is 0 Å². The second kappa shape index (κ2) is 8.79. The lowest BCUT2D eigenvalue weighted by Gasteiger charge is -2.37. The van der Waals surface area contributed by atoms with Gasteiger partial charge in [0.15, 0.2) is 5.78 Å². The fourth-order valence-corrected chi connectivity index (χ4v) is 6.08. The van der Waals surface area contributed by atoms with Crippen LogP contribution in [-0.2, 0) is 16.1 Å². The Morgan fingerprint density at radius 1 is 0.970 bits per heavy atom. The van der Waals surface area contributed by atoms with Crippen LogP contribution in [0.2, 0.25) is 0 Å². The van der Waals surface area contributed by atoms with Crippen LogP contribution in [0.15, 0.2) is 95.1 Å². The fourth-order valence-electron chi connectivity index (χ4n) is 4.70. The van der Waals surface area contributed by atoms with Crippen LogP contribution in [-0.4, -0.2) is 21.8 Å². The highest BCUT2D eigenvalue weighted by Gasteiger charge is 2.59. The molecular weight excluding hydrogens is 432 g/mol. The van der Waals surface area contributed by atoms with Crippen LogP contribution in [0, 0.1) is 5.41 Å². The summed E-state index contributed by atoms with van der Waals surface area (Å²) < 4.78 is 0. The Balaban J connectivity index is 1.75. The van der Waals surface area contributed by atoms with E-state index in [0.29, 0.717) is 16.5 Å². The van der Waals surface area contributed by atoms with Crippen molar-refractivity contribution < 1.29 is 14.4 Å². The highest BCUT2D eigenvalue weighted by Crippen LogP contribution is 2.57. The van der Waals surface area contributed by atoms with Crippen molar-refractivity contribution in [3.8, 4) is 0 Å². The minimum atomic E-state index is -0.921. The number of carbonyl (C=O) groups is 2. The molecular formula is C27H22N2O3S. The molecule has 33 heavy (non-hydrogen) atoms. The van der Waals surface area contributed by atoms with Crippen LogP contribution in [0.1, 0.15) is 40.7 Å². The molecule has 1 spiro atoms. The molecule has 5 rings (SSSR count). The van der Waals surface area contributed by atoms with Gasteiger partial charge in [-0.1, -0.05) is 89.7 Å². The van der Waals surface area contributed by atoms with Crippen LogP contribution in [0.3, 0.4) is 0 Å². The third-order valence-corrected chi connectivity index (χ3v) is 7.33. The quantitative estimate of drug-likeness (QED) is 0.363. The fraction of sp³-hybridized carbons (Fsp3) is 0.185. The number of nitrogens with zero attached hydrogens (tertiary/aromatic N) is 2. The van der Waals surface area contributed by atoms with Crippen LogP contribution >= 0.6 is 11.8 Å². The number of thioether (sulfide) groups is 1. The first kappa shape index (κ1) is 21.3. The number of rotatable bonds is 3. The number of Topliss-reactive ketones (excluding diaryl/α,β-unsaturated/α-hetero) is 1. The molecule has 3 aromatic carbocycles. The van der Waals surface area contributed by atoms with Crippen LogP contribution in [0.25, 0.3) is 0 Å². The maximum Gasteiger partial charge on any atom is 0.332 e. The minimum Gasteiger partial charge on any atom is -0.318 e. The van der Waals surface area contributed by atoms with E-state index in [-0.39, 0.29) is 5.78 Å². The topological polar surface area (TPSA) is 68.1 Å². The molecule has 0 unspecified atom stereocenters. The molecule has 1 fully saturated rings. The minimum absolute atomic E-state index is 0.0356. The Morgan fingerprint density at radius 3 is 2.36 bits per heavy atom. The van der Waals surface area contributed by atoms with Gasteiger partial charge in [0, 0.05) is 12.5 Å². The van der Waals surface area contributed by atoms with Gasteiger partial charge in [-0.2, -0.15) is 0 Å². The van der Waals surface area contributed by atoms with Crippen molar-refractivity contribution in [3.63, 3.8) is 0 Å². The van der Waals surface area contributed by atoms with Gasteiger partial charge in [-0.05, 0) is 36.1 Å². The Morgan fingerprint density at radius 2 is 1.64 bits per heavy atom. The lowest BCUT2D eigenvalue weighted by Crippen LogP contribution is -2.44. The molecule has 0 aromatic heterocycles. The molecule has 0 saturated carbocycles. The lowest BCUT2D eigenvalue weighted by molar-refractivity contribution is -0.140. The zero-order valence-corrected chi connectivity index (χ0v) is 18.9. The monoisotopic (exact) mass is 454 g/mol. The van der Waals surface area contributed by atoms with E-state index < -0.39 is 17.3 Å². The number of benzene rings is 3. The number of fused-ring (bicyclic) bond motifs is 1. The molecule has 0 radical (unpaired) electrons. The number of aliphatic imine (C=N–C) groups is 1. The van der Waals surface area contributed by atoms with Gasteiger partial charge in [-0.25, -0.2) is 9.79 Å². The first-order valence-corrected chi connectivity index (χ1v) is 11.7. The molecule has 0 amide bonds. The van der Waals surface area contributed by atoms with Crippen molar-refractivity contribution in [2.24, 2.45) is 15.6 Å². The van der Waals surface area contributed by atoms with Crippen molar-refractivity contribution in [2.45, 2.75) is 25.7 Å². The molecule has 0 N–H and O–H groups in total. The summed E-state index contributed by atoms with van der Waals surface area (Å²) in [7, 11) is 0. The van der Waals surface area contributed by atoms with Crippen LogP contribution < -0.4 is 0 Å². The van der Waals surface area contributed by atoms with E-state index in [4.69, 9.17) is 9.83 Å². The normalized spacial score (nSPS) is 24.3. The molecule has 2 aliphatic rings. The Kier molecular flexibility index (Phi) is 5.68. The maximum absolute atomic E-state index is 14.3. The summed E-state index contributed by atoms with van der Waals surface area (Å²) >= 11 is 1.34. The number of aryl methyl sites for hydroxylation is 1. The molecule has 1 aliphatic carbocycles. The molecule has 6 heteroatoms. The van der Waals surface area contributed by atoms with Gasteiger partial charge in [0.25, 0.3) is 0 Å². The number of hydrogen-bond acceptors (Lipinski definition) is 6. The second-order valence-electron chi connectivity index (χ2n) is 8.17. The largest absolute Gasteiger partial charge is 0.332 e. The first-order chi connectivity index (χ1) is 16.1. The lowest BCUT2D eigenvalue weighted by atomic mass is 9.62. The average molecular weight is 455 g/mol. The maximum atomic E-state index is 14.3. The van der Waals surface area contributed by atoms with E-state index in [1.165, 1.54) is 18.7 Å². The standard InChI is InChI=1S/C27H22N2O3S/c1-18(30)32-29-25-23(20-11-4-2-5-12-20)27(26(33-25)28-21-13-6-3-7-14-21)17-16-19-10-8-9-15-22(19)24(27)31/h2-15,23H,16-17H2,1H3/b28-26?,29-25-/t23-,27+/m1/s1. The van der Waals surface area contributed by atoms with Gasteiger partial charge in [0.1, 0.15) is 5.04 Å². The molecule has 5 nitrogen and oxygen atoms in total. The third kappa shape index (κ3) is 3.80. The number of hydrogen-bond donors (Lipinski definition) is 0. The predicted octanol–water partition coefficient (Wildman–Crippen LogP) is 5.94. The molecule has 3 aromatic rings.